The third-order valence-corrected chi connectivity index (χ3v) is 7.22. The van der Waals surface area contributed by atoms with Gasteiger partial charge in [0.15, 0.2) is 12.1 Å². The molecule has 3 rings (SSSR count). The minimum Gasteiger partial charge on any atom is -0.379 e. The maximum absolute atomic E-state index is 10.8. The second-order valence-electron chi connectivity index (χ2n) is 9.03. The normalized spacial score (nSPS) is 44.0. The second-order valence-corrected chi connectivity index (χ2v) is 9.03. The molecule has 1 saturated heterocycles. The maximum Gasteiger partial charge on any atom is 0.162 e. The van der Waals surface area contributed by atoms with Crippen molar-refractivity contribution in [2.45, 2.75) is 95.9 Å². The third-order valence-electron chi connectivity index (χ3n) is 7.22. The van der Waals surface area contributed by atoms with Crippen LogP contribution in [0.25, 0.3) is 0 Å². The standard InChI is InChI=1S/C21H38O5/c1-14(20(22)26-19-10-5-4-9-18(19)24-3)16-8-6-7-15-11-12-21(2,23)25-13-17(15)16/h14-20,22-23H,4-13H2,1-3H3/t14-,15?,16?,17?,18?,19?,20?,21+/m1/s1. The Morgan fingerprint density at radius 1 is 1.04 bits per heavy atom. The van der Waals surface area contributed by atoms with Gasteiger partial charge in [0.2, 0.25) is 0 Å². The van der Waals surface area contributed by atoms with E-state index in [0.29, 0.717) is 30.8 Å². The molecular weight excluding hydrogens is 332 g/mol. The molecule has 2 aliphatic carbocycles. The van der Waals surface area contributed by atoms with Crippen molar-refractivity contribution in [1.29, 1.82) is 0 Å². The van der Waals surface area contributed by atoms with Gasteiger partial charge in [0.25, 0.3) is 0 Å². The van der Waals surface area contributed by atoms with Crippen molar-refractivity contribution in [3.63, 3.8) is 0 Å². The molecule has 1 aliphatic heterocycles. The lowest BCUT2D eigenvalue weighted by Gasteiger charge is -2.42. The Morgan fingerprint density at radius 3 is 2.50 bits per heavy atom. The highest BCUT2D eigenvalue weighted by Gasteiger charge is 2.43. The largest absolute Gasteiger partial charge is 0.379 e. The third kappa shape index (κ3) is 4.79. The van der Waals surface area contributed by atoms with Crippen LogP contribution in [0.15, 0.2) is 0 Å². The van der Waals surface area contributed by atoms with Crippen molar-refractivity contribution >= 4 is 0 Å². The fraction of sp³-hybridized carbons (Fsp3) is 1.00. The van der Waals surface area contributed by atoms with Crippen LogP contribution in [0.5, 0.6) is 0 Å². The van der Waals surface area contributed by atoms with Crippen LogP contribution in [0, 0.1) is 23.7 Å². The Morgan fingerprint density at radius 2 is 1.77 bits per heavy atom. The number of fused-ring (bicyclic) bond motifs is 1. The van der Waals surface area contributed by atoms with Gasteiger partial charge in [-0.1, -0.05) is 32.6 Å². The first-order valence-corrected chi connectivity index (χ1v) is 10.6. The highest BCUT2D eigenvalue weighted by atomic mass is 16.6. The lowest BCUT2D eigenvalue weighted by atomic mass is 9.66. The molecule has 3 fully saturated rings. The van der Waals surface area contributed by atoms with Crippen molar-refractivity contribution in [1.82, 2.24) is 0 Å². The van der Waals surface area contributed by atoms with Gasteiger partial charge < -0.3 is 24.4 Å². The molecule has 2 saturated carbocycles. The predicted molar refractivity (Wildman–Crippen MR) is 99.4 cm³/mol. The van der Waals surface area contributed by atoms with Crippen LogP contribution in [0.2, 0.25) is 0 Å². The molecule has 8 atom stereocenters. The van der Waals surface area contributed by atoms with E-state index in [4.69, 9.17) is 14.2 Å². The smallest absolute Gasteiger partial charge is 0.162 e. The average Bonchev–Trinajstić information content (AvgIpc) is 2.80. The quantitative estimate of drug-likeness (QED) is 0.725. The topological polar surface area (TPSA) is 68.2 Å². The van der Waals surface area contributed by atoms with Gasteiger partial charge in [-0.3, -0.25) is 0 Å². The van der Waals surface area contributed by atoms with E-state index in [2.05, 4.69) is 6.92 Å². The zero-order chi connectivity index (χ0) is 18.7. The monoisotopic (exact) mass is 370 g/mol. The van der Waals surface area contributed by atoms with E-state index >= 15 is 0 Å². The summed E-state index contributed by atoms with van der Waals surface area (Å²) in [5, 5.41) is 21.1. The fourth-order valence-corrected chi connectivity index (χ4v) is 5.47. The molecule has 0 radical (unpaired) electrons. The SMILES string of the molecule is COC1CCCCC1OC(O)[C@H](C)C1CCCC2CC[C@@](C)(O)OCC21. The fourth-order valence-electron chi connectivity index (χ4n) is 5.47. The van der Waals surface area contributed by atoms with Crippen LogP contribution in [-0.4, -0.2) is 48.2 Å². The van der Waals surface area contributed by atoms with Crippen LogP contribution < -0.4 is 0 Å². The van der Waals surface area contributed by atoms with Gasteiger partial charge in [-0.25, -0.2) is 0 Å². The lowest BCUT2D eigenvalue weighted by molar-refractivity contribution is -0.217. The first kappa shape index (κ1) is 20.5. The summed E-state index contributed by atoms with van der Waals surface area (Å²) in [6, 6.07) is 0. The molecule has 0 aromatic carbocycles. The predicted octanol–water partition coefficient (Wildman–Crippen LogP) is 3.47. The van der Waals surface area contributed by atoms with E-state index in [9.17, 15) is 10.2 Å². The minimum atomic E-state index is -1.01. The molecule has 3 aliphatic rings. The van der Waals surface area contributed by atoms with Gasteiger partial charge in [-0.05, 0) is 50.4 Å². The molecule has 2 N–H and O–H groups in total. The number of hydrogen-bond donors (Lipinski definition) is 2. The van der Waals surface area contributed by atoms with Gasteiger partial charge in [-0.15, -0.1) is 0 Å². The summed E-state index contributed by atoms with van der Waals surface area (Å²) in [6.07, 6.45) is 8.83. The molecule has 6 unspecified atom stereocenters. The molecule has 0 bridgehead atoms. The van der Waals surface area contributed by atoms with Gasteiger partial charge in [0, 0.05) is 19.4 Å². The summed E-state index contributed by atoms with van der Waals surface area (Å²) >= 11 is 0. The Kier molecular flexibility index (Phi) is 7.00. The summed E-state index contributed by atoms with van der Waals surface area (Å²) in [5.74, 6) is 0.416. The van der Waals surface area contributed by atoms with E-state index in [0.717, 1.165) is 32.1 Å². The molecule has 0 spiro atoms. The molecule has 5 nitrogen and oxygen atoms in total. The van der Waals surface area contributed by atoms with Crippen molar-refractivity contribution in [2.24, 2.45) is 23.7 Å². The van der Waals surface area contributed by atoms with Crippen molar-refractivity contribution < 1.29 is 24.4 Å². The zero-order valence-corrected chi connectivity index (χ0v) is 16.7. The average molecular weight is 371 g/mol. The number of aliphatic hydroxyl groups is 2. The molecule has 1 heterocycles. The highest BCUT2D eigenvalue weighted by Crippen LogP contribution is 2.45. The number of hydrogen-bond acceptors (Lipinski definition) is 5. The lowest BCUT2D eigenvalue weighted by Crippen LogP contribution is -2.43. The van der Waals surface area contributed by atoms with E-state index in [-0.39, 0.29) is 18.1 Å². The second kappa shape index (κ2) is 8.87. The molecular formula is C21H38O5. The minimum absolute atomic E-state index is 0.00305. The van der Waals surface area contributed by atoms with Gasteiger partial charge in [0.1, 0.15) is 0 Å². The number of ether oxygens (including phenoxy) is 3. The van der Waals surface area contributed by atoms with Crippen LogP contribution in [-0.2, 0) is 14.2 Å². The van der Waals surface area contributed by atoms with E-state index in [1.54, 1.807) is 14.0 Å². The summed E-state index contributed by atoms with van der Waals surface area (Å²) in [7, 11) is 1.74. The number of aliphatic hydroxyl groups excluding tert-OH is 1. The summed E-state index contributed by atoms with van der Waals surface area (Å²) in [6.45, 7) is 4.48. The number of methoxy groups -OCH3 is 1. The van der Waals surface area contributed by atoms with Crippen molar-refractivity contribution in [3.05, 3.63) is 0 Å². The summed E-state index contributed by atoms with van der Waals surface area (Å²) in [5.41, 5.74) is 0. The van der Waals surface area contributed by atoms with Crippen molar-refractivity contribution in [2.75, 3.05) is 13.7 Å². The first-order valence-electron chi connectivity index (χ1n) is 10.6. The van der Waals surface area contributed by atoms with Crippen LogP contribution in [0.3, 0.4) is 0 Å². The van der Waals surface area contributed by atoms with Gasteiger partial charge in [0.05, 0.1) is 18.8 Å². The van der Waals surface area contributed by atoms with Crippen LogP contribution >= 0.6 is 0 Å². The van der Waals surface area contributed by atoms with Gasteiger partial charge >= 0.3 is 0 Å². The van der Waals surface area contributed by atoms with Crippen LogP contribution in [0.1, 0.15) is 71.6 Å². The Bertz CT molecular complexity index is 440. The first-order chi connectivity index (χ1) is 12.4. The molecule has 0 amide bonds. The van der Waals surface area contributed by atoms with Crippen molar-refractivity contribution in [3.8, 4) is 0 Å². The Labute approximate surface area is 158 Å². The Hall–Kier alpha value is -0.200. The summed E-state index contributed by atoms with van der Waals surface area (Å²) in [4.78, 5) is 0. The molecule has 26 heavy (non-hydrogen) atoms. The molecule has 152 valence electrons. The Balaban J connectivity index is 1.62. The zero-order valence-electron chi connectivity index (χ0n) is 16.7. The van der Waals surface area contributed by atoms with E-state index < -0.39 is 12.1 Å². The molecule has 0 aromatic heterocycles. The maximum atomic E-state index is 10.8. The summed E-state index contributed by atoms with van der Waals surface area (Å²) < 4.78 is 17.5. The molecule has 5 heteroatoms. The highest BCUT2D eigenvalue weighted by molar-refractivity contribution is 4.89. The number of rotatable bonds is 5. The van der Waals surface area contributed by atoms with E-state index in [1.807, 2.05) is 0 Å². The molecule has 0 aromatic rings. The van der Waals surface area contributed by atoms with E-state index in [1.165, 1.54) is 19.3 Å². The van der Waals surface area contributed by atoms with Gasteiger partial charge in [-0.2, -0.15) is 0 Å². The van der Waals surface area contributed by atoms with Crippen LogP contribution in [0.4, 0.5) is 0 Å².